The molecule has 0 saturated carbocycles. The first-order valence-corrected chi connectivity index (χ1v) is 4.63. The van der Waals surface area contributed by atoms with Crippen LogP contribution in [-0.4, -0.2) is 17.7 Å². The van der Waals surface area contributed by atoms with Crippen LogP contribution in [0.15, 0.2) is 23.9 Å². The highest BCUT2D eigenvalue weighted by molar-refractivity contribution is 5.91. The van der Waals surface area contributed by atoms with E-state index in [4.69, 9.17) is 15.6 Å². The monoisotopic (exact) mass is 205 g/mol. The molecule has 4 nitrogen and oxygen atoms in total. The normalized spacial score (nSPS) is 14.5. The van der Waals surface area contributed by atoms with E-state index in [9.17, 15) is 4.79 Å². The topological polar surface area (TPSA) is 72.5 Å². The smallest absolute Gasteiger partial charge is 0.351 e. The van der Waals surface area contributed by atoms with E-state index in [0.29, 0.717) is 6.61 Å². The van der Waals surface area contributed by atoms with Crippen LogP contribution in [-0.2, 0) is 11.2 Å². The Labute approximate surface area is 87.0 Å². The van der Waals surface area contributed by atoms with Crippen molar-refractivity contribution in [2.24, 2.45) is 5.73 Å². The summed E-state index contributed by atoms with van der Waals surface area (Å²) < 4.78 is 5.36. The van der Waals surface area contributed by atoms with Crippen LogP contribution < -0.4 is 10.5 Å². The Hall–Kier alpha value is -1.97. The van der Waals surface area contributed by atoms with Crippen molar-refractivity contribution in [1.29, 1.82) is 0 Å². The third-order valence-electron chi connectivity index (χ3n) is 2.29. The van der Waals surface area contributed by atoms with Crippen LogP contribution in [0.3, 0.4) is 0 Å². The van der Waals surface area contributed by atoms with Gasteiger partial charge in [-0.25, -0.2) is 4.79 Å². The number of benzene rings is 1. The van der Waals surface area contributed by atoms with E-state index in [-0.39, 0.29) is 5.70 Å². The fourth-order valence-corrected chi connectivity index (χ4v) is 1.51. The van der Waals surface area contributed by atoms with E-state index in [2.05, 4.69) is 0 Å². The molecular weight excluding hydrogens is 194 g/mol. The fraction of sp³-hybridized carbons (Fsp3) is 0.182. The first-order chi connectivity index (χ1) is 7.16. The van der Waals surface area contributed by atoms with Crippen molar-refractivity contribution in [3.05, 3.63) is 35.0 Å². The minimum Gasteiger partial charge on any atom is -0.493 e. The lowest BCUT2D eigenvalue weighted by molar-refractivity contribution is -0.132. The lowest BCUT2D eigenvalue weighted by atomic mass is 10.1. The molecule has 0 saturated heterocycles. The van der Waals surface area contributed by atoms with Gasteiger partial charge < -0.3 is 15.6 Å². The maximum atomic E-state index is 10.5. The molecule has 0 atom stereocenters. The van der Waals surface area contributed by atoms with Gasteiger partial charge in [-0.2, -0.15) is 0 Å². The summed E-state index contributed by atoms with van der Waals surface area (Å²) in [6.45, 7) is 0.691. The molecular formula is C11H11NO3. The van der Waals surface area contributed by atoms with Gasteiger partial charge in [-0.05, 0) is 23.3 Å². The number of hydrogen-bond donors (Lipinski definition) is 2. The average Bonchev–Trinajstić information content (AvgIpc) is 2.64. The Morgan fingerprint density at radius 1 is 1.53 bits per heavy atom. The summed E-state index contributed by atoms with van der Waals surface area (Å²) in [5, 5.41) is 8.61. The quantitative estimate of drug-likeness (QED) is 0.706. The molecule has 1 aliphatic heterocycles. The SMILES string of the molecule is N/C(=C/c1ccc2c(c1)OCC2)C(=O)O. The van der Waals surface area contributed by atoms with Crippen LogP contribution in [0.1, 0.15) is 11.1 Å². The minimum atomic E-state index is -1.11. The second-order valence-corrected chi connectivity index (χ2v) is 3.37. The third-order valence-corrected chi connectivity index (χ3v) is 2.29. The lowest BCUT2D eigenvalue weighted by Gasteiger charge is -2.00. The van der Waals surface area contributed by atoms with Crippen molar-refractivity contribution in [2.45, 2.75) is 6.42 Å². The van der Waals surface area contributed by atoms with E-state index in [1.165, 1.54) is 6.08 Å². The molecule has 0 unspecified atom stereocenters. The van der Waals surface area contributed by atoms with Crippen LogP contribution in [0.2, 0.25) is 0 Å². The number of aliphatic carboxylic acids is 1. The van der Waals surface area contributed by atoms with E-state index >= 15 is 0 Å². The minimum absolute atomic E-state index is 0.173. The molecule has 0 bridgehead atoms. The Kier molecular flexibility index (Phi) is 2.33. The molecule has 0 aromatic heterocycles. The summed E-state index contributed by atoms with van der Waals surface area (Å²) in [4.78, 5) is 10.5. The van der Waals surface area contributed by atoms with Gasteiger partial charge in [-0.1, -0.05) is 12.1 Å². The molecule has 3 N–H and O–H groups in total. The van der Waals surface area contributed by atoms with Gasteiger partial charge in [0.05, 0.1) is 6.61 Å². The molecule has 15 heavy (non-hydrogen) atoms. The molecule has 0 fully saturated rings. The predicted molar refractivity (Wildman–Crippen MR) is 55.4 cm³/mol. The van der Waals surface area contributed by atoms with Gasteiger partial charge in [0, 0.05) is 6.42 Å². The summed E-state index contributed by atoms with van der Waals surface area (Å²) in [6, 6.07) is 5.57. The van der Waals surface area contributed by atoms with E-state index in [1.54, 1.807) is 6.07 Å². The van der Waals surface area contributed by atoms with Crippen molar-refractivity contribution in [1.82, 2.24) is 0 Å². The Morgan fingerprint density at radius 3 is 3.07 bits per heavy atom. The molecule has 0 spiro atoms. The zero-order valence-electron chi connectivity index (χ0n) is 8.06. The number of carboxylic acid groups (broad SMARTS) is 1. The second-order valence-electron chi connectivity index (χ2n) is 3.37. The van der Waals surface area contributed by atoms with E-state index in [1.807, 2.05) is 12.1 Å². The van der Waals surface area contributed by atoms with Crippen LogP contribution in [0.5, 0.6) is 5.75 Å². The number of nitrogens with two attached hydrogens (primary N) is 1. The third kappa shape index (κ3) is 1.93. The van der Waals surface area contributed by atoms with E-state index in [0.717, 1.165) is 23.3 Å². The molecule has 2 rings (SSSR count). The number of carboxylic acids is 1. The van der Waals surface area contributed by atoms with Gasteiger partial charge in [0.25, 0.3) is 0 Å². The van der Waals surface area contributed by atoms with Crippen molar-refractivity contribution in [3.8, 4) is 5.75 Å². The number of hydrogen-bond acceptors (Lipinski definition) is 3. The molecule has 1 heterocycles. The van der Waals surface area contributed by atoms with Crippen LogP contribution >= 0.6 is 0 Å². The standard InChI is InChI=1S/C11H11NO3/c12-9(11(13)14)5-7-1-2-8-3-4-15-10(8)6-7/h1-2,5-6H,3-4,12H2,(H,13,14)/b9-5+. The van der Waals surface area contributed by atoms with Gasteiger partial charge in [-0.15, -0.1) is 0 Å². The van der Waals surface area contributed by atoms with Gasteiger partial charge in [0.1, 0.15) is 11.4 Å². The number of rotatable bonds is 2. The maximum absolute atomic E-state index is 10.5. The molecule has 0 aliphatic carbocycles. The highest BCUT2D eigenvalue weighted by atomic mass is 16.5. The highest BCUT2D eigenvalue weighted by Crippen LogP contribution is 2.26. The highest BCUT2D eigenvalue weighted by Gasteiger charge is 2.11. The fourth-order valence-electron chi connectivity index (χ4n) is 1.51. The average molecular weight is 205 g/mol. The molecule has 0 radical (unpaired) electrons. The van der Waals surface area contributed by atoms with Crippen LogP contribution in [0.25, 0.3) is 6.08 Å². The van der Waals surface area contributed by atoms with Crippen LogP contribution in [0, 0.1) is 0 Å². The first-order valence-electron chi connectivity index (χ1n) is 4.63. The van der Waals surface area contributed by atoms with Gasteiger partial charge in [-0.3, -0.25) is 0 Å². The van der Waals surface area contributed by atoms with Crippen molar-refractivity contribution in [3.63, 3.8) is 0 Å². The van der Waals surface area contributed by atoms with Crippen LogP contribution in [0.4, 0.5) is 0 Å². The molecule has 0 amide bonds. The zero-order valence-corrected chi connectivity index (χ0v) is 8.06. The molecule has 78 valence electrons. The Morgan fingerprint density at radius 2 is 2.33 bits per heavy atom. The summed E-state index contributed by atoms with van der Waals surface area (Å²) in [6.07, 6.45) is 2.33. The Balaban J connectivity index is 2.31. The number of carbonyl (C=O) groups is 1. The maximum Gasteiger partial charge on any atom is 0.351 e. The summed E-state index contributed by atoms with van der Waals surface area (Å²) >= 11 is 0. The largest absolute Gasteiger partial charge is 0.493 e. The molecule has 1 aliphatic rings. The zero-order chi connectivity index (χ0) is 10.8. The van der Waals surface area contributed by atoms with Crippen molar-refractivity contribution < 1.29 is 14.6 Å². The molecule has 1 aromatic rings. The number of fused-ring (bicyclic) bond motifs is 1. The summed E-state index contributed by atoms with van der Waals surface area (Å²) in [7, 11) is 0. The summed E-state index contributed by atoms with van der Waals surface area (Å²) in [5.41, 5.74) is 7.04. The van der Waals surface area contributed by atoms with Gasteiger partial charge in [0.15, 0.2) is 0 Å². The van der Waals surface area contributed by atoms with Gasteiger partial charge in [0.2, 0.25) is 0 Å². The first kappa shape index (κ1) is 9.58. The molecule has 1 aromatic carbocycles. The summed E-state index contributed by atoms with van der Waals surface area (Å²) in [5.74, 6) is -0.293. The van der Waals surface area contributed by atoms with Crippen molar-refractivity contribution >= 4 is 12.0 Å². The lowest BCUT2D eigenvalue weighted by Crippen LogP contribution is -2.09. The van der Waals surface area contributed by atoms with Gasteiger partial charge >= 0.3 is 5.97 Å². The Bertz CT molecular complexity index is 437. The predicted octanol–water partition coefficient (Wildman–Crippen LogP) is 1.01. The van der Waals surface area contributed by atoms with Crippen molar-refractivity contribution in [2.75, 3.05) is 6.61 Å². The van der Waals surface area contributed by atoms with E-state index < -0.39 is 5.97 Å². The molecule has 4 heteroatoms. The second kappa shape index (κ2) is 3.65. The number of ether oxygens (including phenoxy) is 1.